The molecule has 5 rings (SSSR count). The van der Waals surface area contributed by atoms with Crippen molar-refractivity contribution in [3.8, 4) is 0 Å². The molecule has 0 aliphatic carbocycles. The van der Waals surface area contributed by atoms with E-state index in [9.17, 15) is 19.2 Å². The minimum absolute atomic E-state index is 0.0635. The summed E-state index contributed by atoms with van der Waals surface area (Å²) < 4.78 is 22.0. The van der Waals surface area contributed by atoms with Crippen molar-refractivity contribution < 1.29 is 38.1 Å². The fourth-order valence-electron chi connectivity index (χ4n) is 6.51. The summed E-state index contributed by atoms with van der Waals surface area (Å²) in [4.78, 5) is 49.7. The number of amides is 4. The molecule has 0 radical (unpaired) electrons. The minimum atomic E-state index is -1.13. The van der Waals surface area contributed by atoms with Crippen LogP contribution in [-0.4, -0.2) is 107 Å². The predicted octanol–water partition coefficient (Wildman–Crippen LogP) is 3.63. The summed E-state index contributed by atoms with van der Waals surface area (Å²) in [5, 5.41) is 15.2. The zero-order chi connectivity index (χ0) is 38.7. The van der Waals surface area contributed by atoms with Crippen LogP contribution >= 0.6 is 19.7 Å². The number of hydrogen-bond acceptors (Lipinski definition) is 9. The number of benzene rings is 3. The lowest BCUT2D eigenvalue weighted by atomic mass is 10.0. The number of esters is 1. The SMILES string of the molecule is COC(=O)c1ccc(C(=O)NCCCOCCOCCOCCCNC(=O)CCCCC2SCC3NC(=O)NC32)cc1P(c1ccccc1)c1ccccc1. The highest BCUT2D eigenvalue weighted by Gasteiger charge is 2.42. The second-order valence-electron chi connectivity index (χ2n) is 13.2. The number of unbranched alkanes of at least 4 members (excludes halogenated alkanes) is 1. The van der Waals surface area contributed by atoms with Gasteiger partial charge in [0.25, 0.3) is 5.91 Å². The highest BCUT2D eigenvalue weighted by molar-refractivity contribution is 8.00. The molecule has 3 unspecified atom stereocenters. The average molecular weight is 793 g/mol. The lowest BCUT2D eigenvalue weighted by Gasteiger charge is -2.22. The standard InChI is InChI=1S/C41H53N4O8PS/c1-50-40(48)33-19-18-30(28-35(33)54(31-12-4-2-5-13-31)32-14-6-3-7-15-32)39(47)43-21-11-23-52-25-27-53-26-24-51-22-10-20-42-37(46)17-9-8-16-36-38-34(29-55-36)44-41(49)45-38/h2-7,12-15,18-19,28,34,36,38H,8-11,16-17,20-27,29H2,1H3,(H,42,46)(H,43,47)(H2,44,45,49). The molecule has 2 aliphatic heterocycles. The number of methoxy groups -OCH3 is 1. The monoisotopic (exact) mass is 792 g/mol. The average Bonchev–Trinajstić information content (AvgIpc) is 3.77. The van der Waals surface area contributed by atoms with E-state index >= 15 is 0 Å². The summed E-state index contributed by atoms with van der Waals surface area (Å²) in [6, 6.07) is 25.6. The summed E-state index contributed by atoms with van der Waals surface area (Å²) >= 11 is 1.90. The van der Waals surface area contributed by atoms with Gasteiger partial charge in [-0.3, -0.25) is 9.59 Å². The summed E-state index contributed by atoms with van der Waals surface area (Å²) in [5.41, 5.74) is 0.916. The summed E-state index contributed by atoms with van der Waals surface area (Å²) in [5.74, 6) is 0.361. The van der Waals surface area contributed by atoms with E-state index < -0.39 is 13.9 Å². The van der Waals surface area contributed by atoms with Crippen LogP contribution < -0.4 is 37.2 Å². The van der Waals surface area contributed by atoms with Crippen LogP contribution in [-0.2, 0) is 23.7 Å². The Hall–Kier alpha value is -4.00. The number of nitrogens with one attached hydrogen (secondary N) is 4. The highest BCUT2D eigenvalue weighted by Crippen LogP contribution is 2.35. The number of rotatable bonds is 24. The molecule has 2 saturated heterocycles. The molecule has 296 valence electrons. The number of carbonyl (C=O) groups is 4. The number of fused-ring (bicyclic) bond motifs is 1. The maximum atomic E-state index is 13.2. The van der Waals surface area contributed by atoms with E-state index in [1.165, 1.54) is 7.11 Å². The van der Waals surface area contributed by atoms with Gasteiger partial charge in [0.05, 0.1) is 51.2 Å². The predicted molar refractivity (Wildman–Crippen MR) is 217 cm³/mol. The fourth-order valence-corrected chi connectivity index (χ4v) is 10.5. The molecular formula is C41H53N4O8PS. The molecule has 0 aromatic heterocycles. The van der Waals surface area contributed by atoms with Gasteiger partial charge in [-0.05, 0) is 62.4 Å². The van der Waals surface area contributed by atoms with Crippen molar-refractivity contribution in [2.45, 2.75) is 55.9 Å². The molecule has 4 amide bonds. The van der Waals surface area contributed by atoms with Gasteiger partial charge in [0.1, 0.15) is 0 Å². The number of hydrogen-bond donors (Lipinski definition) is 4. The first-order chi connectivity index (χ1) is 26.9. The van der Waals surface area contributed by atoms with E-state index in [4.69, 9.17) is 18.9 Å². The van der Waals surface area contributed by atoms with E-state index in [0.29, 0.717) is 81.9 Å². The van der Waals surface area contributed by atoms with Crippen molar-refractivity contribution >= 4 is 59.4 Å². The smallest absolute Gasteiger partial charge is 0.338 e. The molecule has 12 nitrogen and oxygen atoms in total. The van der Waals surface area contributed by atoms with Gasteiger partial charge in [-0.15, -0.1) is 0 Å². The lowest BCUT2D eigenvalue weighted by Crippen LogP contribution is -2.36. The topological polar surface area (TPSA) is 153 Å². The third-order valence-electron chi connectivity index (χ3n) is 9.30. The van der Waals surface area contributed by atoms with Crippen LogP contribution in [0.5, 0.6) is 0 Å². The number of ether oxygens (including phenoxy) is 4. The maximum Gasteiger partial charge on any atom is 0.338 e. The number of urea groups is 1. The lowest BCUT2D eigenvalue weighted by molar-refractivity contribution is -0.121. The molecule has 4 N–H and O–H groups in total. The van der Waals surface area contributed by atoms with E-state index in [1.807, 2.05) is 78.5 Å². The van der Waals surface area contributed by atoms with E-state index in [2.05, 4.69) is 21.3 Å². The molecule has 0 spiro atoms. The molecule has 2 heterocycles. The third-order valence-corrected chi connectivity index (χ3v) is 13.3. The first kappa shape index (κ1) is 42.1. The summed E-state index contributed by atoms with van der Waals surface area (Å²) in [6.07, 6.45) is 4.72. The fraction of sp³-hybridized carbons (Fsp3) is 0.463. The quantitative estimate of drug-likeness (QED) is 0.0462. The third kappa shape index (κ3) is 13.3. The molecule has 2 aliphatic rings. The summed E-state index contributed by atoms with van der Waals surface area (Å²) in [6.45, 7) is 3.86. The molecule has 3 aromatic carbocycles. The minimum Gasteiger partial charge on any atom is -0.465 e. The van der Waals surface area contributed by atoms with Crippen LogP contribution in [0.4, 0.5) is 4.79 Å². The molecule has 3 aromatic rings. The van der Waals surface area contributed by atoms with Gasteiger partial charge in [0, 0.05) is 54.6 Å². The Morgan fingerprint density at radius 2 is 1.38 bits per heavy atom. The van der Waals surface area contributed by atoms with E-state index in [-0.39, 0.29) is 29.9 Å². The van der Waals surface area contributed by atoms with Crippen LogP contribution in [0.3, 0.4) is 0 Å². The number of carbonyl (C=O) groups excluding carboxylic acids is 4. The van der Waals surface area contributed by atoms with Gasteiger partial charge in [0.15, 0.2) is 0 Å². The van der Waals surface area contributed by atoms with Gasteiger partial charge in [-0.25, -0.2) is 9.59 Å². The Labute approximate surface area is 329 Å². The zero-order valence-electron chi connectivity index (χ0n) is 31.5. The Kier molecular flexibility index (Phi) is 17.7. The second kappa shape index (κ2) is 23.2. The van der Waals surface area contributed by atoms with Gasteiger partial charge >= 0.3 is 12.0 Å². The van der Waals surface area contributed by atoms with Crippen LogP contribution in [0.1, 0.15) is 59.2 Å². The number of thioether (sulfide) groups is 1. The second-order valence-corrected chi connectivity index (χ2v) is 16.7. The Balaban J connectivity index is 0.884. The molecular weight excluding hydrogens is 740 g/mol. The van der Waals surface area contributed by atoms with Gasteiger partial charge in [-0.2, -0.15) is 11.8 Å². The van der Waals surface area contributed by atoms with Crippen molar-refractivity contribution in [3.05, 3.63) is 90.0 Å². The van der Waals surface area contributed by atoms with Gasteiger partial charge < -0.3 is 40.2 Å². The molecule has 0 saturated carbocycles. The molecule has 3 atom stereocenters. The van der Waals surface area contributed by atoms with Crippen molar-refractivity contribution in [1.82, 2.24) is 21.3 Å². The van der Waals surface area contributed by atoms with Crippen LogP contribution in [0.25, 0.3) is 0 Å². The van der Waals surface area contributed by atoms with Gasteiger partial charge in [-0.1, -0.05) is 67.1 Å². The van der Waals surface area contributed by atoms with Crippen molar-refractivity contribution in [3.63, 3.8) is 0 Å². The van der Waals surface area contributed by atoms with Gasteiger partial charge in [0.2, 0.25) is 5.91 Å². The maximum absolute atomic E-state index is 13.2. The Morgan fingerprint density at radius 1 is 0.764 bits per heavy atom. The van der Waals surface area contributed by atoms with Crippen molar-refractivity contribution in [2.24, 2.45) is 0 Å². The zero-order valence-corrected chi connectivity index (χ0v) is 33.2. The van der Waals surface area contributed by atoms with Crippen molar-refractivity contribution in [2.75, 3.05) is 65.6 Å². The first-order valence-corrected chi connectivity index (χ1v) is 21.4. The van der Waals surface area contributed by atoms with E-state index in [1.54, 1.807) is 12.1 Å². The highest BCUT2D eigenvalue weighted by atomic mass is 32.2. The first-order valence-electron chi connectivity index (χ1n) is 19.0. The van der Waals surface area contributed by atoms with Crippen LogP contribution in [0, 0.1) is 0 Å². The molecule has 0 bridgehead atoms. The Bertz CT molecular complexity index is 1630. The van der Waals surface area contributed by atoms with E-state index in [0.717, 1.165) is 47.3 Å². The molecule has 55 heavy (non-hydrogen) atoms. The summed E-state index contributed by atoms with van der Waals surface area (Å²) in [7, 11) is 0.235. The molecule has 14 heteroatoms. The normalized spacial score (nSPS) is 17.3. The van der Waals surface area contributed by atoms with Crippen LogP contribution in [0.2, 0.25) is 0 Å². The molecule has 2 fully saturated rings. The Morgan fingerprint density at radius 3 is 2.02 bits per heavy atom. The van der Waals surface area contributed by atoms with Crippen LogP contribution in [0.15, 0.2) is 78.9 Å². The largest absolute Gasteiger partial charge is 0.465 e. The van der Waals surface area contributed by atoms with Crippen molar-refractivity contribution in [1.29, 1.82) is 0 Å².